The van der Waals surface area contributed by atoms with Gasteiger partial charge in [0.1, 0.15) is 5.82 Å². The van der Waals surface area contributed by atoms with Crippen molar-refractivity contribution < 1.29 is 4.79 Å². The molecule has 1 aliphatic rings. The fraction of sp³-hybridized carbons (Fsp3) is 0.389. The highest BCUT2D eigenvalue weighted by Crippen LogP contribution is 2.39. The molecule has 2 N–H and O–H groups in total. The van der Waals surface area contributed by atoms with Crippen molar-refractivity contribution in [2.45, 2.75) is 45.1 Å². The fourth-order valence-electron chi connectivity index (χ4n) is 3.60. The number of carbonyl (C=O) groups is 1. The third kappa shape index (κ3) is 2.77. The number of aromatic nitrogens is 6. The molecule has 4 rings (SSSR count). The Bertz CT molecular complexity index is 894. The van der Waals surface area contributed by atoms with Gasteiger partial charge in [0.25, 0.3) is 0 Å². The maximum Gasteiger partial charge on any atom is 0.226 e. The molecule has 2 aromatic heterocycles. The normalized spacial score (nSPS) is 16.6. The molecule has 0 aliphatic carbocycles. The molecule has 0 spiro atoms. The largest absolute Gasteiger partial charge is 0.311 e. The van der Waals surface area contributed by atoms with Crippen molar-refractivity contribution in [1.29, 1.82) is 0 Å². The Morgan fingerprint density at radius 1 is 1.23 bits per heavy atom. The molecule has 3 heterocycles. The quantitative estimate of drug-likeness (QED) is 0.736. The Kier molecular flexibility index (Phi) is 4.24. The van der Waals surface area contributed by atoms with E-state index in [0.717, 1.165) is 35.3 Å². The Hall–Kier alpha value is -3.03. The average Bonchev–Trinajstić information content (AvgIpc) is 3.33. The molecule has 8 nitrogen and oxygen atoms in total. The van der Waals surface area contributed by atoms with Crippen LogP contribution in [-0.2, 0) is 4.79 Å². The number of amides is 1. The van der Waals surface area contributed by atoms with Gasteiger partial charge in [0, 0.05) is 23.5 Å². The molecule has 26 heavy (non-hydrogen) atoms. The van der Waals surface area contributed by atoms with Gasteiger partial charge in [-0.3, -0.25) is 4.79 Å². The number of hydrogen-bond donors (Lipinski definition) is 2. The van der Waals surface area contributed by atoms with Crippen molar-refractivity contribution in [1.82, 2.24) is 30.4 Å². The summed E-state index contributed by atoms with van der Waals surface area (Å²) >= 11 is 0. The number of H-pyrrole nitrogens is 1. The van der Waals surface area contributed by atoms with E-state index in [9.17, 15) is 4.79 Å². The highest BCUT2D eigenvalue weighted by Gasteiger charge is 2.31. The number of nitrogens with zero attached hydrogens (tertiary/aromatic N) is 5. The van der Waals surface area contributed by atoms with Crippen LogP contribution >= 0.6 is 0 Å². The van der Waals surface area contributed by atoms with E-state index in [1.54, 1.807) is 0 Å². The van der Waals surface area contributed by atoms with Crippen molar-refractivity contribution in [2.24, 2.45) is 0 Å². The van der Waals surface area contributed by atoms with Crippen LogP contribution in [0.2, 0.25) is 0 Å². The van der Waals surface area contributed by atoms with E-state index in [-0.39, 0.29) is 11.8 Å². The van der Waals surface area contributed by atoms with Gasteiger partial charge in [0.05, 0.1) is 12.2 Å². The lowest BCUT2D eigenvalue weighted by atomic mass is 9.87. The van der Waals surface area contributed by atoms with Crippen LogP contribution < -0.4 is 5.32 Å². The molecule has 1 aliphatic heterocycles. The SMILES string of the molecule is CCC(CC)n1ncc2c1NC(=O)CC2c1ccc(-c2nn[nH]n2)cc1. The van der Waals surface area contributed by atoms with Gasteiger partial charge in [0.2, 0.25) is 11.7 Å². The predicted molar refractivity (Wildman–Crippen MR) is 96.5 cm³/mol. The maximum atomic E-state index is 12.3. The summed E-state index contributed by atoms with van der Waals surface area (Å²) in [5, 5.41) is 21.6. The molecule has 0 bridgehead atoms. The number of nitrogens with one attached hydrogen (secondary N) is 2. The molecular formula is C18H21N7O. The summed E-state index contributed by atoms with van der Waals surface area (Å²) in [7, 11) is 0. The second-order valence-electron chi connectivity index (χ2n) is 6.53. The first-order valence-electron chi connectivity index (χ1n) is 8.92. The first-order valence-corrected chi connectivity index (χ1v) is 8.92. The number of rotatable bonds is 5. The van der Waals surface area contributed by atoms with Crippen molar-refractivity contribution in [2.75, 3.05) is 5.32 Å². The van der Waals surface area contributed by atoms with E-state index < -0.39 is 0 Å². The van der Waals surface area contributed by atoms with E-state index in [1.807, 2.05) is 35.1 Å². The van der Waals surface area contributed by atoms with Gasteiger partial charge in [-0.25, -0.2) is 4.68 Å². The topological polar surface area (TPSA) is 101 Å². The molecule has 0 saturated heterocycles. The molecule has 8 heteroatoms. The van der Waals surface area contributed by atoms with Crippen LogP contribution in [0.25, 0.3) is 11.4 Å². The van der Waals surface area contributed by atoms with E-state index in [2.05, 4.69) is 44.9 Å². The summed E-state index contributed by atoms with van der Waals surface area (Å²) in [5.41, 5.74) is 3.04. The van der Waals surface area contributed by atoms with Crippen LogP contribution in [0, 0.1) is 0 Å². The Morgan fingerprint density at radius 2 is 2.00 bits per heavy atom. The number of hydrogen-bond acceptors (Lipinski definition) is 5. The average molecular weight is 351 g/mol. The van der Waals surface area contributed by atoms with Crippen LogP contribution in [0.3, 0.4) is 0 Å². The summed E-state index contributed by atoms with van der Waals surface area (Å²) < 4.78 is 1.97. The Balaban J connectivity index is 1.69. The minimum absolute atomic E-state index is 0.00109. The first kappa shape index (κ1) is 16.4. The minimum Gasteiger partial charge on any atom is -0.311 e. The monoisotopic (exact) mass is 351 g/mol. The second-order valence-corrected chi connectivity index (χ2v) is 6.53. The summed E-state index contributed by atoms with van der Waals surface area (Å²) in [6, 6.07) is 8.24. The van der Waals surface area contributed by atoms with Gasteiger partial charge in [-0.1, -0.05) is 38.1 Å². The maximum absolute atomic E-state index is 12.3. The van der Waals surface area contributed by atoms with Gasteiger partial charge in [-0.2, -0.15) is 10.3 Å². The van der Waals surface area contributed by atoms with Crippen LogP contribution in [-0.4, -0.2) is 36.3 Å². The fourth-order valence-corrected chi connectivity index (χ4v) is 3.60. The molecule has 3 aromatic rings. The lowest BCUT2D eigenvalue weighted by Crippen LogP contribution is -2.25. The smallest absolute Gasteiger partial charge is 0.226 e. The molecule has 0 saturated carbocycles. The molecule has 0 fully saturated rings. The minimum atomic E-state index is 0.00109. The predicted octanol–water partition coefficient (Wildman–Crippen LogP) is 2.90. The number of benzene rings is 1. The van der Waals surface area contributed by atoms with E-state index in [4.69, 9.17) is 0 Å². The van der Waals surface area contributed by atoms with Crippen molar-refractivity contribution in [3.8, 4) is 11.4 Å². The Labute approximate surface area is 151 Å². The van der Waals surface area contributed by atoms with E-state index >= 15 is 0 Å². The summed E-state index contributed by atoms with van der Waals surface area (Å²) in [5.74, 6) is 1.42. The molecule has 1 unspecified atom stereocenters. The third-order valence-electron chi connectivity index (χ3n) is 5.05. The molecule has 0 radical (unpaired) electrons. The summed E-state index contributed by atoms with van der Waals surface area (Å²) in [6.07, 6.45) is 4.27. The number of fused-ring (bicyclic) bond motifs is 1. The van der Waals surface area contributed by atoms with Crippen molar-refractivity contribution in [3.63, 3.8) is 0 Å². The second kappa shape index (κ2) is 6.70. The lowest BCUT2D eigenvalue weighted by Gasteiger charge is -2.25. The number of aromatic amines is 1. The lowest BCUT2D eigenvalue weighted by molar-refractivity contribution is -0.116. The highest BCUT2D eigenvalue weighted by atomic mass is 16.1. The zero-order valence-corrected chi connectivity index (χ0v) is 14.8. The van der Waals surface area contributed by atoms with Gasteiger partial charge in [0.15, 0.2) is 0 Å². The van der Waals surface area contributed by atoms with Gasteiger partial charge in [-0.05, 0) is 23.6 Å². The molecule has 134 valence electrons. The Morgan fingerprint density at radius 3 is 2.65 bits per heavy atom. The number of carbonyl (C=O) groups excluding carboxylic acids is 1. The summed E-state index contributed by atoms with van der Waals surface area (Å²) in [6.45, 7) is 4.28. The number of anilines is 1. The van der Waals surface area contributed by atoms with Gasteiger partial charge in [-0.15, -0.1) is 10.2 Å². The first-order chi connectivity index (χ1) is 12.7. The van der Waals surface area contributed by atoms with Crippen LogP contribution in [0.4, 0.5) is 5.82 Å². The highest BCUT2D eigenvalue weighted by molar-refractivity contribution is 5.94. The summed E-state index contributed by atoms with van der Waals surface area (Å²) in [4.78, 5) is 12.3. The van der Waals surface area contributed by atoms with Crippen LogP contribution in [0.1, 0.15) is 56.2 Å². The zero-order chi connectivity index (χ0) is 18.1. The van der Waals surface area contributed by atoms with E-state index in [1.165, 1.54) is 0 Å². The van der Waals surface area contributed by atoms with Crippen LogP contribution in [0.15, 0.2) is 30.5 Å². The van der Waals surface area contributed by atoms with E-state index in [0.29, 0.717) is 18.3 Å². The van der Waals surface area contributed by atoms with Gasteiger partial charge >= 0.3 is 0 Å². The molecular weight excluding hydrogens is 330 g/mol. The standard InChI is InChI=1S/C18H21N7O/c1-3-13(4-2)25-18-15(10-19-25)14(9-16(26)20-18)11-5-7-12(8-6-11)17-21-23-24-22-17/h5-8,10,13-14H,3-4,9H2,1-2H3,(H,20,26)(H,21,22,23,24). The third-order valence-corrected chi connectivity index (χ3v) is 5.05. The van der Waals surface area contributed by atoms with Crippen molar-refractivity contribution >= 4 is 11.7 Å². The van der Waals surface area contributed by atoms with Crippen molar-refractivity contribution in [3.05, 3.63) is 41.6 Å². The number of tetrazole rings is 1. The molecule has 1 aromatic carbocycles. The zero-order valence-electron chi connectivity index (χ0n) is 14.8. The van der Waals surface area contributed by atoms with Gasteiger partial charge < -0.3 is 5.32 Å². The molecule has 1 atom stereocenters. The van der Waals surface area contributed by atoms with Crippen LogP contribution in [0.5, 0.6) is 0 Å². The molecule has 1 amide bonds.